The van der Waals surface area contributed by atoms with Gasteiger partial charge in [-0.25, -0.2) is 4.98 Å². The summed E-state index contributed by atoms with van der Waals surface area (Å²) in [6, 6.07) is 7.08. The SMILES string of the molecule is COc1c(Cl)cc(C(=O)NCc2ccc(N3CCCCC3)nc2)cc1Cl. The molecule has 2 aromatic rings. The number of anilines is 1. The molecular formula is C19H21Cl2N3O2. The van der Waals surface area contributed by atoms with E-state index in [1.165, 1.54) is 26.4 Å². The average molecular weight is 394 g/mol. The minimum absolute atomic E-state index is 0.253. The number of nitrogens with zero attached hydrogens (tertiary/aromatic N) is 2. The number of hydrogen-bond acceptors (Lipinski definition) is 4. The van der Waals surface area contributed by atoms with E-state index in [2.05, 4.69) is 15.2 Å². The molecule has 1 aliphatic rings. The van der Waals surface area contributed by atoms with Gasteiger partial charge in [0.2, 0.25) is 0 Å². The second-order valence-corrected chi connectivity index (χ2v) is 7.04. The molecule has 1 aliphatic heterocycles. The van der Waals surface area contributed by atoms with Crippen LogP contribution in [0.25, 0.3) is 0 Å². The van der Waals surface area contributed by atoms with Gasteiger partial charge in [0.1, 0.15) is 5.82 Å². The Hall–Kier alpha value is -1.98. The highest BCUT2D eigenvalue weighted by Crippen LogP contribution is 2.33. The molecule has 0 unspecified atom stereocenters. The first kappa shape index (κ1) is 18.8. The maximum atomic E-state index is 12.3. The van der Waals surface area contributed by atoms with E-state index >= 15 is 0 Å². The van der Waals surface area contributed by atoms with Gasteiger partial charge >= 0.3 is 0 Å². The Balaban J connectivity index is 1.61. The van der Waals surface area contributed by atoms with Crippen molar-refractivity contribution in [3.63, 3.8) is 0 Å². The summed E-state index contributed by atoms with van der Waals surface area (Å²) in [4.78, 5) is 19.2. The molecule has 1 aromatic heterocycles. The number of piperidine rings is 1. The molecule has 26 heavy (non-hydrogen) atoms. The molecule has 0 saturated carbocycles. The summed E-state index contributed by atoms with van der Waals surface area (Å²) in [7, 11) is 1.48. The molecule has 5 nitrogen and oxygen atoms in total. The minimum Gasteiger partial charge on any atom is -0.494 e. The monoisotopic (exact) mass is 393 g/mol. The lowest BCUT2D eigenvalue weighted by atomic mass is 10.1. The molecule has 0 aliphatic carbocycles. The van der Waals surface area contributed by atoms with Crippen LogP contribution in [0.1, 0.15) is 35.2 Å². The standard InChI is InChI=1S/C19H21Cl2N3O2/c1-26-18-15(20)9-14(10-16(18)21)19(25)23-12-13-5-6-17(22-11-13)24-7-3-2-4-8-24/h5-6,9-11H,2-4,7-8,12H2,1H3,(H,23,25). The number of pyridine rings is 1. The molecule has 0 bridgehead atoms. The zero-order valence-electron chi connectivity index (χ0n) is 14.6. The van der Waals surface area contributed by atoms with Crippen molar-refractivity contribution in [1.82, 2.24) is 10.3 Å². The molecule has 138 valence electrons. The highest BCUT2D eigenvalue weighted by Gasteiger charge is 2.14. The van der Waals surface area contributed by atoms with Crippen LogP contribution in [-0.4, -0.2) is 31.1 Å². The van der Waals surface area contributed by atoms with Crippen LogP contribution >= 0.6 is 23.2 Å². The van der Waals surface area contributed by atoms with Crippen molar-refractivity contribution >= 4 is 34.9 Å². The second kappa shape index (κ2) is 8.60. The van der Waals surface area contributed by atoms with Gasteiger partial charge in [-0.15, -0.1) is 0 Å². The quantitative estimate of drug-likeness (QED) is 0.821. The number of ether oxygens (including phenoxy) is 1. The lowest BCUT2D eigenvalue weighted by Gasteiger charge is -2.27. The lowest BCUT2D eigenvalue weighted by molar-refractivity contribution is 0.0951. The van der Waals surface area contributed by atoms with Crippen molar-refractivity contribution in [3.05, 3.63) is 51.6 Å². The van der Waals surface area contributed by atoms with Gasteiger partial charge in [0.25, 0.3) is 5.91 Å². The third kappa shape index (κ3) is 4.40. The number of nitrogens with one attached hydrogen (secondary N) is 1. The van der Waals surface area contributed by atoms with Gasteiger partial charge < -0.3 is 15.0 Å². The van der Waals surface area contributed by atoms with E-state index in [1.807, 2.05) is 12.1 Å². The number of carbonyl (C=O) groups is 1. The van der Waals surface area contributed by atoms with Crippen molar-refractivity contribution in [1.29, 1.82) is 0 Å². The number of benzene rings is 1. The van der Waals surface area contributed by atoms with Crippen LogP contribution in [0.5, 0.6) is 5.75 Å². The van der Waals surface area contributed by atoms with Gasteiger partial charge in [-0.1, -0.05) is 29.3 Å². The molecule has 1 fully saturated rings. The summed E-state index contributed by atoms with van der Waals surface area (Å²) < 4.78 is 5.09. The maximum absolute atomic E-state index is 12.3. The molecule has 1 aromatic carbocycles. The predicted molar refractivity (Wildman–Crippen MR) is 104 cm³/mol. The summed E-state index contributed by atoms with van der Waals surface area (Å²) in [5.74, 6) is 1.10. The Bertz CT molecular complexity index is 752. The van der Waals surface area contributed by atoms with E-state index in [-0.39, 0.29) is 5.91 Å². The van der Waals surface area contributed by atoms with Crippen LogP contribution in [0.2, 0.25) is 10.0 Å². The van der Waals surface area contributed by atoms with Crippen molar-refractivity contribution in [2.24, 2.45) is 0 Å². The highest BCUT2D eigenvalue weighted by molar-refractivity contribution is 6.37. The van der Waals surface area contributed by atoms with E-state index in [9.17, 15) is 4.79 Å². The van der Waals surface area contributed by atoms with Crippen LogP contribution in [0.3, 0.4) is 0 Å². The van der Waals surface area contributed by atoms with Crippen molar-refractivity contribution in [2.45, 2.75) is 25.8 Å². The maximum Gasteiger partial charge on any atom is 0.251 e. The van der Waals surface area contributed by atoms with Crippen molar-refractivity contribution in [2.75, 3.05) is 25.1 Å². The normalized spacial score (nSPS) is 14.2. The van der Waals surface area contributed by atoms with E-state index in [0.717, 1.165) is 24.5 Å². The Morgan fingerprint density at radius 3 is 2.46 bits per heavy atom. The predicted octanol–water partition coefficient (Wildman–Crippen LogP) is 4.32. The summed E-state index contributed by atoms with van der Waals surface area (Å²) in [6.45, 7) is 2.50. The minimum atomic E-state index is -0.253. The number of halogens is 2. The third-order valence-corrected chi connectivity index (χ3v) is 4.97. The Labute approximate surface area is 163 Å². The van der Waals surface area contributed by atoms with Gasteiger partial charge in [-0.3, -0.25) is 4.79 Å². The Kier molecular flexibility index (Phi) is 6.22. The third-order valence-electron chi connectivity index (χ3n) is 4.41. The van der Waals surface area contributed by atoms with E-state index in [4.69, 9.17) is 27.9 Å². The van der Waals surface area contributed by atoms with Gasteiger partial charge in [-0.05, 0) is 43.0 Å². The van der Waals surface area contributed by atoms with Gasteiger partial charge in [0, 0.05) is 31.4 Å². The number of hydrogen-bond donors (Lipinski definition) is 1. The highest BCUT2D eigenvalue weighted by atomic mass is 35.5. The number of carbonyl (C=O) groups excluding carboxylic acids is 1. The van der Waals surface area contributed by atoms with E-state index in [0.29, 0.717) is 27.9 Å². The second-order valence-electron chi connectivity index (χ2n) is 6.23. The van der Waals surface area contributed by atoms with Crippen LogP contribution in [0.4, 0.5) is 5.82 Å². The van der Waals surface area contributed by atoms with Gasteiger partial charge in [0.15, 0.2) is 5.75 Å². The average Bonchev–Trinajstić information content (AvgIpc) is 2.67. The first-order valence-electron chi connectivity index (χ1n) is 8.59. The van der Waals surface area contributed by atoms with Gasteiger partial charge in [-0.2, -0.15) is 0 Å². The topological polar surface area (TPSA) is 54.5 Å². The van der Waals surface area contributed by atoms with Crippen molar-refractivity contribution < 1.29 is 9.53 Å². The largest absolute Gasteiger partial charge is 0.494 e. The van der Waals surface area contributed by atoms with Crippen LogP contribution < -0.4 is 15.0 Å². The van der Waals surface area contributed by atoms with Crippen LogP contribution in [0.15, 0.2) is 30.5 Å². The molecule has 0 atom stereocenters. The molecule has 7 heteroatoms. The zero-order valence-corrected chi connectivity index (χ0v) is 16.1. The molecule has 0 spiro atoms. The molecular weight excluding hydrogens is 373 g/mol. The van der Waals surface area contributed by atoms with E-state index < -0.39 is 0 Å². The summed E-state index contributed by atoms with van der Waals surface area (Å²) in [6.07, 6.45) is 5.52. The summed E-state index contributed by atoms with van der Waals surface area (Å²) >= 11 is 12.2. The molecule has 1 amide bonds. The zero-order chi connectivity index (χ0) is 18.5. The fraction of sp³-hybridized carbons (Fsp3) is 0.368. The molecule has 0 radical (unpaired) electrons. The summed E-state index contributed by atoms with van der Waals surface area (Å²) in [5, 5.41) is 3.46. The lowest BCUT2D eigenvalue weighted by Crippen LogP contribution is -2.30. The van der Waals surface area contributed by atoms with E-state index in [1.54, 1.807) is 18.3 Å². The van der Waals surface area contributed by atoms with Crippen molar-refractivity contribution in [3.8, 4) is 5.75 Å². The first-order valence-corrected chi connectivity index (χ1v) is 9.35. The fourth-order valence-electron chi connectivity index (χ4n) is 3.00. The number of methoxy groups -OCH3 is 1. The number of amides is 1. The Morgan fingerprint density at radius 2 is 1.88 bits per heavy atom. The fourth-order valence-corrected chi connectivity index (χ4v) is 3.64. The van der Waals surface area contributed by atoms with Crippen LogP contribution in [0, 0.1) is 0 Å². The summed E-state index contributed by atoms with van der Waals surface area (Å²) in [5.41, 5.74) is 1.32. The molecule has 1 saturated heterocycles. The number of aromatic nitrogens is 1. The molecule has 3 rings (SSSR count). The first-order chi connectivity index (χ1) is 12.6. The molecule has 2 heterocycles. The van der Waals surface area contributed by atoms with Crippen LogP contribution in [-0.2, 0) is 6.54 Å². The number of rotatable bonds is 5. The Morgan fingerprint density at radius 1 is 1.19 bits per heavy atom. The molecule has 1 N–H and O–H groups in total. The smallest absolute Gasteiger partial charge is 0.251 e. The van der Waals surface area contributed by atoms with Gasteiger partial charge in [0.05, 0.1) is 17.2 Å².